The number of hydrogen-bond acceptors (Lipinski definition) is 4. The van der Waals surface area contributed by atoms with Crippen LogP contribution in [0.15, 0.2) is 12.7 Å². The van der Waals surface area contributed by atoms with E-state index in [-0.39, 0.29) is 0 Å². The van der Waals surface area contributed by atoms with Crippen LogP contribution < -0.4 is 0 Å². The van der Waals surface area contributed by atoms with Crippen molar-refractivity contribution in [2.45, 2.75) is 182 Å². The Kier molecular flexibility index (Phi) is 26.4. The van der Waals surface area contributed by atoms with Crippen molar-refractivity contribution in [1.82, 2.24) is 0 Å². The summed E-state index contributed by atoms with van der Waals surface area (Å²) in [5.41, 5.74) is 0. The minimum Gasteiger partial charge on any atom is -0.439 e. The van der Waals surface area contributed by atoms with Gasteiger partial charge in [0, 0.05) is 0 Å². The van der Waals surface area contributed by atoms with E-state index in [0.717, 1.165) is 0 Å². The van der Waals surface area contributed by atoms with Gasteiger partial charge in [0.25, 0.3) is 9.28 Å². The van der Waals surface area contributed by atoms with E-state index in [1.54, 1.807) is 0 Å². The van der Waals surface area contributed by atoms with E-state index in [0.29, 0.717) is 0 Å². The van der Waals surface area contributed by atoms with Crippen LogP contribution in [-0.2, 0) is 16.5 Å². The minimum atomic E-state index is -1.97. The Balaban J connectivity index is -0.000000578. The molecule has 4 nitrogen and oxygen atoms in total. The molecule has 0 saturated heterocycles. The normalized spacial score (nSPS) is 12.9. The monoisotopic (exact) mass is 668 g/mol. The van der Waals surface area contributed by atoms with Crippen molar-refractivity contribution >= 4 is 51.1 Å². The van der Waals surface area contributed by atoms with Crippen molar-refractivity contribution in [3.05, 3.63) is 12.7 Å². The SMILES string of the molecule is C=CCCCCCC.CCCCCCCC[Si](C)(O[Si](C)(C)C)O[Si](C)(C)C.C[SiH](O[Si](C)(C)C)O[Si](C)(C)C. The first-order valence-electron chi connectivity index (χ1n) is 16.4. The molecule has 0 aliphatic carbocycles. The molecule has 244 valence electrons. The Hall–Kier alpha value is 0.881. The van der Waals surface area contributed by atoms with Crippen molar-refractivity contribution < 1.29 is 16.5 Å². The molecule has 0 saturated carbocycles. The molecule has 0 fully saturated rings. The van der Waals surface area contributed by atoms with E-state index in [2.05, 4.69) is 112 Å². The molecule has 0 aliphatic rings. The highest BCUT2D eigenvalue weighted by Crippen LogP contribution is 2.26. The molecule has 0 aromatic heterocycles. The summed E-state index contributed by atoms with van der Waals surface area (Å²) >= 11 is 0. The molecule has 40 heavy (non-hydrogen) atoms. The molecular weight excluding hydrogens is 593 g/mol. The van der Waals surface area contributed by atoms with Gasteiger partial charge in [-0.15, -0.1) is 6.58 Å². The van der Waals surface area contributed by atoms with Gasteiger partial charge in [-0.05, 0) is 111 Å². The number of hydrogen-bond donors (Lipinski definition) is 0. The molecule has 0 bridgehead atoms. The molecule has 0 unspecified atom stereocenters. The number of rotatable bonds is 20. The highest BCUT2D eigenvalue weighted by molar-refractivity contribution is 6.87. The zero-order valence-electron chi connectivity index (χ0n) is 30.5. The molecule has 0 aromatic carbocycles. The van der Waals surface area contributed by atoms with Crippen LogP contribution in [0.3, 0.4) is 0 Å². The van der Waals surface area contributed by atoms with Crippen molar-refractivity contribution in [1.29, 1.82) is 0 Å². The Morgan fingerprint density at radius 2 is 0.875 bits per heavy atom. The third-order valence-corrected chi connectivity index (χ3v) is 23.3. The second kappa shape index (κ2) is 23.3. The van der Waals surface area contributed by atoms with Gasteiger partial charge in [0.15, 0.2) is 33.3 Å². The van der Waals surface area contributed by atoms with Crippen molar-refractivity contribution in [3.8, 4) is 0 Å². The Bertz CT molecular complexity index is 561. The quantitative estimate of drug-likeness (QED) is 0.0735. The van der Waals surface area contributed by atoms with Crippen LogP contribution in [0.1, 0.15) is 84.5 Å². The fourth-order valence-electron chi connectivity index (χ4n) is 4.38. The molecular formula is C30H76O4Si6. The standard InChI is InChI=1S/C15H38O2Si3.C8H16.C7H22O2Si3/c1-9-10-11-12-13-14-15-20(8,16-18(2,3)4)17-19(5,6)7;1-3-5-7-8-6-4-2;1-10(8-11(2,3)4)9-12(5,6)7/h9-15H2,1-8H3;3H,1,4-8H2,2H3;10H,1-7H3. The van der Waals surface area contributed by atoms with Gasteiger partial charge in [-0.25, -0.2) is 0 Å². The zero-order chi connectivity index (χ0) is 32.1. The smallest absolute Gasteiger partial charge is 0.314 e. The van der Waals surface area contributed by atoms with E-state index < -0.39 is 51.1 Å². The molecule has 0 spiro atoms. The molecule has 0 aromatic rings. The average molecular weight is 669 g/mol. The van der Waals surface area contributed by atoms with Gasteiger partial charge in [-0.2, -0.15) is 0 Å². The first-order chi connectivity index (χ1) is 18.0. The maximum Gasteiger partial charge on any atom is 0.314 e. The molecule has 0 N–H and O–H groups in total. The summed E-state index contributed by atoms with van der Waals surface area (Å²) in [7, 11) is -9.05. The van der Waals surface area contributed by atoms with Gasteiger partial charge in [-0.1, -0.05) is 77.7 Å². The first-order valence-corrected chi connectivity index (χ1v) is 34.6. The molecule has 0 rings (SSSR count). The van der Waals surface area contributed by atoms with Crippen LogP contribution >= 0.6 is 0 Å². The summed E-state index contributed by atoms with van der Waals surface area (Å²) in [5, 5.41) is 0. The highest BCUT2D eigenvalue weighted by atomic mass is 28.5. The van der Waals surface area contributed by atoms with Crippen LogP contribution in [0.4, 0.5) is 0 Å². The van der Waals surface area contributed by atoms with E-state index in [9.17, 15) is 0 Å². The zero-order valence-corrected chi connectivity index (χ0v) is 36.6. The highest BCUT2D eigenvalue weighted by Gasteiger charge is 2.39. The molecule has 10 heteroatoms. The fourth-order valence-corrected chi connectivity index (χ4v) is 25.6. The number of unbranched alkanes of at least 4 members (excludes halogenated alkanes) is 9. The molecule has 0 heterocycles. The lowest BCUT2D eigenvalue weighted by Gasteiger charge is -2.38. The van der Waals surface area contributed by atoms with E-state index in [1.807, 2.05) is 6.08 Å². The van der Waals surface area contributed by atoms with Crippen LogP contribution in [-0.4, -0.2) is 51.1 Å². The third-order valence-electron chi connectivity index (χ3n) is 5.33. The maximum absolute atomic E-state index is 6.52. The van der Waals surface area contributed by atoms with Gasteiger partial charge < -0.3 is 16.5 Å². The number of allylic oxidation sites excluding steroid dienone is 1. The lowest BCUT2D eigenvalue weighted by atomic mass is 10.1. The summed E-state index contributed by atoms with van der Waals surface area (Å²) in [5.74, 6) is 0. The van der Waals surface area contributed by atoms with Crippen LogP contribution in [0.25, 0.3) is 0 Å². The lowest BCUT2D eigenvalue weighted by molar-refractivity contribution is 0.380. The maximum atomic E-state index is 6.52. The fraction of sp³-hybridized carbons (Fsp3) is 0.933. The molecule has 0 atom stereocenters. The van der Waals surface area contributed by atoms with Gasteiger partial charge in [-0.3, -0.25) is 0 Å². The summed E-state index contributed by atoms with van der Waals surface area (Å²) in [6, 6.07) is 1.17. The van der Waals surface area contributed by atoms with Crippen molar-refractivity contribution in [3.63, 3.8) is 0 Å². The Morgan fingerprint density at radius 3 is 1.20 bits per heavy atom. The molecule has 0 amide bonds. The van der Waals surface area contributed by atoms with Crippen molar-refractivity contribution in [2.75, 3.05) is 0 Å². The van der Waals surface area contributed by atoms with Gasteiger partial charge in [0.05, 0.1) is 0 Å². The average Bonchev–Trinajstić information content (AvgIpc) is 2.69. The second-order valence-corrected chi connectivity index (χ2v) is 39.6. The predicted molar refractivity (Wildman–Crippen MR) is 199 cm³/mol. The minimum absolute atomic E-state index is 1.17. The van der Waals surface area contributed by atoms with Gasteiger partial charge in [0.1, 0.15) is 0 Å². The predicted octanol–water partition coefficient (Wildman–Crippen LogP) is 11.8. The van der Waals surface area contributed by atoms with E-state index in [4.69, 9.17) is 16.5 Å². The topological polar surface area (TPSA) is 36.9 Å². The summed E-state index contributed by atoms with van der Waals surface area (Å²) in [6.07, 6.45) is 16.7. The van der Waals surface area contributed by atoms with Gasteiger partial charge in [0.2, 0.25) is 0 Å². The van der Waals surface area contributed by atoms with Crippen molar-refractivity contribution in [2.24, 2.45) is 0 Å². The van der Waals surface area contributed by atoms with Gasteiger partial charge >= 0.3 is 8.56 Å². The summed E-state index contributed by atoms with van der Waals surface area (Å²) in [4.78, 5) is 0. The van der Waals surface area contributed by atoms with Crippen LogP contribution in [0.2, 0.25) is 97.7 Å². The first kappa shape index (κ1) is 45.3. The summed E-state index contributed by atoms with van der Waals surface area (Å²) in [6.45, 7) is 39.6. The largest absolute Gasteiger partial charge is 0.439 e. The summed E-state index contributed by atoms with van der Waals surface area (Å²) < 4.78 is 24.8. The van der Waals surface area contributed by atoms with E-state index in [1.165, 1.54) is 76.7 Å². The van der Waals surface area contributed by atoms with Crippen LogP contribution in [0.5, 0.6) is 0 Å². The molecule has 0 radical (unpaired) electrons. The Morgan fingerprint density at radius 1 is 0.525 bits per heavy atom. The Labute approximate surface area is 261 Å². The van der Waals surface area contributed by atoms with E-state index >= 15 is 0 Å². The van der Waals surface area contributed by atoms with Crippen LogP contribution in [0, 0.1) is 0 Å². The second-order valence-electron chi connectivity index (χ2n) is 15.2. The molecule has 0 aliphatic heterocycles. The lowest BCUT2D eigenvalue weighted by Crippen LogP contribution is -2.52. The third kappa shape index (κ3) is 41.0.